The van der Waals surface area contributed by atoms with Crippen LogP contribution in [0.4, 0.5) is 0 Å². The smallest absolute Gasteiger partial charge is 0.185 e. The molecule has 3 rings (SSSR count). The van der Waals surface area contributed by atoms with Crippen LogP contribution in [0.15, 0.2) is 39.1 Å². The zero-order valence-corrected chi connectivity index (χ0v) is 11.2. The molecule has 90 valence electrons. The zero-order valence-electron chi connectivity index (χ0n) is 9.54. The molecule has 0 unspecified atom stereocenters. The van der Waals surface area contributed by atoms with Crippen LogP contribution in [-0.2, 0) is 0 Å². The van der Waals surface area contributed by atoms with Crippen LogP contribution in [0, 0.1) is 0 Å². The van der Waals surface area contributed by atoms with Gasteiger partial charge >= 0.3 is 0 Å². The Balaban J connectivity index is 2.09. The number of rotatable bonds is 3. The van der Waals surface area contributed by atoms with Crippen molar-refractivity contribution < 1.29 is 9.21 Å². The lowest BCUT2D eigenvalue weighted by Crippen LogP contribution is -1.74. The van der Waals surface area contributed by atoms with Crippen molar-refractivity contribution in [3.05, 3.63) is 36.1 Å². The Hall–Kier alpha value is -1.59. The molecule has 18 heavy (non-hydrogen) atoms. The first-order valence-electron chi connectivity index (χ1n) is 5.30. The Labute approximate surface area is 112 Å². The van der Waals surface area contributed by atoms with E-state index in [-0.39, 0.29) is 0 Å². The Morgan fingerprint density at radius 3 is 2.94 bits per heavy atom. The minimum Gasteiger partial charge on any atom is -0.453 e. The third kappa shape index (κ3) is 1.95. The first-order chi connectivity index (χ1) is 8.80. The van der Waals surface area contributed by atoms with E-state index in [1.165, 1.54) is 0 Å². The van der Waals surface area contributed by atoms with Gasteiger partial charge in [0.1, 0.15) is 5.76 Å². The second-order valence-corrected chi connectivity index (χ2v) is 5.77. The van der Waals surface area contributed by atoms with Crippen LogP contribution in [0.25, 0.3) is 21.5 Å². The molecule has 0 atom stereocenters. The summed E-state index contributed by atoms with van der Waals surface area (Å²) in [6.45, 7) is 0. The maximum atomic E-state index is 10.6. The standard InChI is InChI=1S/C13H9NO2S2/c1-17-13-14-10-4-2-8(6-12(10)18-13)11-5-3-9(7-15)16-11/h2-7H,1H3. The van der Waals surface area contributed by atoms with Crippen LogP contribution in [0.3, 0.4) is 0 Å². The molecule has 0 aliphatic rings. The van der Waals surface area contributed by atoms with E-state index in [4.69, 9.17) is 4.42 Å². The van der Waals surface area contributed by atoms with Crippen molar-refractivity contribution in [1.82, 2.24) is 4.98 Å². The highest BCUT2D eigenvalue weighted by Gasteiger charge is 2.08. The maximum Gasteiger partial charge on any atom is 0.185 e. The van der Waals surface area contributed by atoms with Gasteiger partial charge in [-0.1, -0.05) is 11.8 Å². The van der Waals surface area contributed by atoms with Crippen molar-refractivity contribution in [1.29, 1.82) is 0 Å². The molecule has 1 aromatic carbocycles. The largest absolute Gasteiger partial charge is 0.453 e. The molecule has 0 N–H and O–H groups in total. The highest BCUT2D eigenvalue weighted by molar-refractivity contribution is 8.00. The predicted octanol–water partition coefficient (Wildman–Crippen LogP) is 4.09. The van der Waals surface area contributed by atoms with E-state index in [0.29, 0.717) is 17.8 Å². The summed E-state index contributed by atoms with van der Waals surface area (Å²) in [7, 11) is 0. The van der Waals surface area contributed by atoms with Crippen molar-refractivity contribution in [2.45, 2.75) is 4.34 Å². The summed E-state index contributed by atoms with van der Waals surface area (Å²) in [4.78, 5) is 15.1. The molecule has 0 fully saturated rings. The number of hydrogen-bond donors (Lipinski definition) is 0. The molecular weight excluding hydrogens is 266 g/mol. The molecule has 0 radical (unpaired) electrons. The maximum absolute atomic E-state index is 10.6. The van der Waals surface area contributed by atoms with Crippen LogP contribution in [-0.4, -0.2) is 17.5 Å². The lowest BCUT2D eigenvalue weighted by molar-refractivity contribution is 0.110. The van der Waals surface area contributed by atoms with Crippen LogP contribution in [0.1, 0.15) is 10.6 Å². The minimum atomic E-state index is 0.346. The van der Waals surface area contributed by atoms with E-state index in [2.05, 4.69) is 4.98 Å². The van der Waals surface area contributed by atoms with E-state index in [9.17, 15) is 4.79 Å². The summed E-state index contributed by atoms with van der Waals surface area (Å²) in [5.74, 6) is 1.05. The Morgan fingerprint density at radius 1 is 1.33 bits per heavy atom. The summed E-state index contributed by atoms with van der Waals surface area (Å²) in [6.07, 6.45) is 2.72. The normalized spacial score (nSPS) is 10.9. The first-order valence-corrected chi connectivity index (χ1v) is 7.34. The number of aldehydes is 1. The Morgan fingerprint density at radius 2 is 2.22 bits per heavy atom. The third-order valence-corrected chi connectivity index (χ3v) is 4.57. The highest BCUT2D eigenvalue weighted by Crippen LogP contribution is 2.32. The van der Waals surface area contributed by atoms with E-state index in [1.54, 1.807) is 35.2 Å². The molecule has 0 saturated carbocycles. The summed E-state index contributed by atoms with van der Waals surface area (Å²) >= 11 is 3.30. The fraction of sp³-hybridized carbons (Fsp3) is 0.0769. The van der Waals surface area contributed by atoms with Crippen LogP contribution in [0.2, 0.25) is 0 Å². The van der Waals surface area contributed by atoms with Gasteiger partial charge in [-0.25, -0.2) is 4.98 Å². The van der Waals surface area contributed by atoms with Crippen LogP contribution >= 0.6 is 23.1 Å². The monoisotopic (exact) mass is 275 g/mol. The predicted molar refractivity (Wildman–Crippen MR) is 74.5 cm³/mol. The number of thiazole rings is 1. The topological polar surface area (TPSA) is 43.1 Å². The summed E-state index contributed by atoms with van der Waals surface area (Å²) in [5.41, 5.74) is 1.96. The summed E-state index contributed by atoms with van der Waals surface area (Å²) in [6, 6.07) is 9.46. The van der Waals surface area contributed by atoms with Crippen molar-refractivity contribution in [2.75, 3.05) is 6.26 Å². The molecule has 3 nitrogen and oxygen atoms in total. The summed E-state index contributed by atoms with van der Waals surface area (Å²) in [5, 5.41) is 0. The number of aromatic nitrogens is 1. The fourth-order valence-corrected chi connectivity index (χ4v) is 3.24. The van der Waals surface area contributed by atoms with Gasteiger partial charge in [0.05, 0.1) is 10.2 Å². The fourth-order valence-electron chi connectivity index (χ4n) is 1.72. The number of benzene rings is 1. The number of thioether (sulfide) groups is 1. The van der Waals surface area contributed by atoms with E-state index >= 15 is 0 Å². The second-order valence-electron chi connectivity index (χ2n) is 3.69. The first kappa shape index (κ1) is 11.5. The van der Waals surface area contributed by atoms with E-state index < -0.39 is 0 Å². The van der Waals surface area contributed by atoms with Gasteiger partial charge in [0.25, 0.3) is 0 Å². The molecule has 0 amide bonds. The number of nitrogens with zero attached hydrogens (tertiary/aromatic N) is 1. The highest BCUT2D eigenvalue weighted by atomic mass is 32.2. The molecule has 0 bridgehead atoms. The molecular formula is C13H9NO2S2. The van der Waals surface area contributed by atoms with E-state index in [1.807, 2.05) is 24.5 Å². The van der Waals surface area contributed by atoms with Gasteiger partial charge in [-0.3, -0.25) is 4.79 Å². The van der Waals surface area contributed by atoms with Gasteiger partial charge < -0.3 is 4.42 Å². The number of carbonyl (C=O) groups excluding carboxylic acids is 1. The molecule has 0 aliphatic carbocycles. The number of hydrogen-bond acceptors (Lipinski definition) is 5. The SMILES string of the molecule is CSc1nc2ccc(-c3ccc(C=O)o3)cc2s1. The Bertz CT molecular complexity index is 715. The molecule has 3 aromatic rings. The number of carbonyl (C=O) groups is 1. The lowest BCUT2D eigenvalue weighted by atomic mass is 10.2. The molecule has 0 aliphatic heterocycles. The van der Waals surface area contributed by atoms with Crippen molar-refractivity contribution in [3.63, 3.8) is 0 Å². The molecule has 0 spiro atoms. The quantitative estimate of drug-likeness (QED) is 0.533. The Kier molecular flexibility index (Phi) is 2.93. The van der Waals surface area contributed by atoms with Crippen molar-refractivity contribution in [3.8, 4) is 11.3 Å². The van der Waals surface area contributed by atoms with Gasteiger partial charge in [0, 0.05) is 5.56 Å². The van der Waals surface area contributed by atoms with Crippen molar-refractivity contribution in [2.24, 2.45) is 0 Å². The van der Waals surface area contributed by atoms with Crippen molar-refractivity contribution >= 4 is 39.6 Å². The molecule has 5 heteroatoms. The molecule has 0 saturated heterocycles. The van der Waals surface area contributed by atoms with Crippen LogP contribution < -0.4 is 0 Å². The van der Waals surface area contributed by atoms with Crippen LogP contribution in [0.5, 0.6) is 0 Å². The third-order valence-electron chi connectivity index (χ3n) is 2.57. The average Bonchev–Trinajstić information content (AvgIpc) is 3.03. The number of fused-ring (bicyclic) bond motifs is 1. The molecule has 2 heterocycles. The zero-order chi connectivity index (χ0) is 12.5. The molecule has 2 aromatic heterocycles. The lowest BCUT2D eigenvalue weighted by Gasteiger charge is -1.95. The summed E-state index contributed by atoms with van der Waals surface area (Å²) < 4.78 is 7.59. The van der Waals surface area contributed by atoms with E-state index in [0.717, 1.165) is 20.1 Å². The average molecular weight is 275 g/mol. The van der Waals surface area contributed by atoms with Gasteiger partial charge in [0.2, 0.25) is 0 Å². The second kappa shape index (κ2) is 4.59. The minimum absolute atomic E-state index is 0.346. The van der Waals surface area contributed by atoms with Gasteiger partial charge in [-0.15, -0.1) is 11.3 Å². The number of furan rings is 1. The van der Waals surface area contributed by atoms with Gasteiger partial charge in [0.15, 0.2) is 16.4 Å². The van der Waals surface area contributed by atoms with Gasteiger partial charge in [-0.05, 0) is 36.6 Å². The van der Waals surface area contributed by atoms with Gasteiger partial charge in [-0.2, -0.15) is 0 Å².